The second-order valence-corrected chi connectivity index (χ2v) is 1.93. The van der Waals surface area contributed by atoms with E-state index in [-0.39, 0.29) is 0 Å². The molecule has 1 rings (SSSR count). The molecular formula is C3H5N4S. The monoisotopic (exact) mass is 129 g/mol. The van der Waals surface area contributed by atoms with Gasteiger partial charge in [0.25, 0.3) is 0 Å². The minimum Gasteiger partial charge on any atom is -0.335 e. The topological polar surface area (TPSA) is 56.7 Å². The highest BCUT2D eigenvalue weighted by Crippen LogP contribution is 2.04. The van der Waals surface area contributed by atoms with Crippen LogP contribution < -0.4 is 5.84 Å². The molecule has 0 atom stereocenters. The van der Waals surface area contributed by atoms with E-state index in [9.17, 15) is 0 Å². The van der Waals surface area contributed by atoms with Crippen LogP contribution in [-0.2, 0) is 0 Å². The number of nitrogens with two attached hydrogens (primary N) is 1. The van der Waals surface area contributed by atoms with Gasteiger partial charge in [-0.25, -0.2) is 4.68 Å². The van der Waals surface area contributed by atoms with Crippen LogP contribution in [0.1, 0.15) is 0 Å². The summed E-state index contributed by atoms with van der Waals surface area (Å²) in [5, 5.41) is 7.74. The van der Waals surface area contributed by atoms with Crippen molar-refractivity contribution in [2.45, 2.75) is 5.16 Å². The van der Waals surface area contributed by atoms with Crippen LogP contribution >= 0.6 is 11.8 Å². The summed E-state index contributed by atoms with van der Waals surface area (Å²) >= 11 is 1.44. The standard InChI is InChI=1S/C3H5N4S/c1-8-3-6-5-2-7(3)4/h4H2,1H3. The lowest BCUT2D eigenvalue weighted by atomic mass is 11.2. The first-order valence-corrected chi connectivity index (χ1v) is 3.19. The molecule has 0 amide bonds. The summed E-state index contributed by atoms with van der Waals surface area (Å²) in [4.78, 5) is 0. The van der Waals surface area contributed by atoms with E-state index >= 15 is 0 Å². The van der Waals surface area contributed by atoms with Gasteiger partial charge in [0.2, 0.25) is 11.5 Å². The van der Waals surface area contributed by atoms with E-state index in [0.717, 1.165) is 0 Å². The first-order chi connectivity index (χ1) is 3.84. The van der Waals surface area contributed by atoms with Crippen LogP contribution in [0.3, 0.4) is 0 Å². The van der Waals surface area contributed by atoms with Gasteiger partial charge in [0.1, 0.15) is 0 Å². The third-order valence-corrected chi connectivity index (χ3v) is 1.32. The van der Waals surface area contributed by atoms with Crippen molar-refractivity contribution in [1.29, 1.82) is 0 Å². The van der Waals surface area contributed by atoms with Gasteiger partial charge < -0.3 is 5.84 Å². The fraction of sp³-hybridized carbons (Fsp3) is 0.333. The SMILES string of the molecule is CSc1nn[c]n1N. The average molecular weight is 129 g/mol. The van der Waals surface area contributed by atoms with Crippen LogP contribution in [0.15, 0.2) is 5.16 Å². The van der Waals surface area contributed by atoms with E-state index in [1.165, 1.54) is 16.4 Å². The normalized spacial score (nSPS) is 9.62. The maximum atomic E-state index is 5.27. The van der Waals surface area contributed by atoms with Crippen LogP contribution in [0.5, 0.6) is 0 Å². The molecule has 4 nitrogen and oxygen atoms in total. The molecule has 1 aromatic heterocycles. The maximum absolute atomic E-state index is 5.27. The Kier molecular flexibility index (Phi) is 1.38. The fourth-order valence-electron chi connectivity index (χ4n) is 0.343. The Hall–Kier alpha value is -0.710. The highest BCUT2D eigenvalue weighted by Gasteiger charge is 1.95. The highest BCUT2D eigenvalue weighted by atomic mass is 32.2. The molecule has 8 heavy (non-hydrogen) atoms. The average Bonchev–Trinajstić information content (AvgIpc) is 2.14. The molecule has 0 aliphatic rings. The summed E-state index contributed by atoms with van der Waals surface area (Å²) in [7, 11) is 0. The Morgan fingerprint density at radius 3 is 2.88 bits per heavy atom. The molecule has 1 aromatic rings. The van der Waals surface area contributed by atoms with Gasteiger partial charge in [-0.05, 0) is 6.26 Å². The van der Waals surface area contributed by atoms with Crippen molar-refractivity contribution >= 4 is 11.8 Å². The summed E-state index contributed by atoms with van der Waals surface area (Å²) in [5.41, 5.74) is 0. The maximum Gasteiger partial charge on any atom is 0.223 e. The number of hydrogen-bond donors (Lipinski definition) is 1. The molecule has 1 radical (unpaired) electrons. The summed E-state index contributed by atoms with van der Waals surface area (Å²) in [6.45, 7) is 0. The Morgan fingerprint density at radius 1 is 1.88 bits per heavy atom. The van der Waals surface area contributed by atoms with Crippen LogP contribution in [0.2, 0.25) is 0 Å². The number of nitrogens with zero attached hydrogens (tertiary/aromatic N) is 3. The lowest BCUT2D eigenvalue weighted by Crippen LogP contribution is -2.07. The van der Waals surface area contributed by atoms with E-state index in [1.807, 2.05) is 6.26 Å². The molecule has 0 saturated carbocycles. The van der Waals surface area contributed by atoms with Crippen molar-refractivity contribution in [3.63, 3.8) is 0 Å². The van der Waals surface area contributed by atoms with Gasteiger partial charge in [0.15, 0.2) is 0 Å². The van der Waals surface area contributed by atoms with Crippen LogP contribution in [-0.4, -0.2) is 21.1 Å². The predicted octanol–water partition coefficient (Wildman–Crippen LogP) is -0.486. The molecule has 0 aliphatic heterocycles. The summed E-state index contributed by atoms with van der Waals surface area (Å²) < 4.78 is 1.25. The molecule has 0 bridgehead atoms. The Labute approximate surface area is 51.1 Å². The van der Waals surface area contributed by atoms with Gasteiger partial charge >= 0.3 is 0 Å². The van der Waals surface area contributed by atoms with Crippen molar-refractivity contribution < 1.29 is 0 Å². The smallest absolute Gasteiger partial charge is 0.223 e. The van der Waals surface area contributed by atoms with E-state index < -0.39 is 0 Å². The van der Waals surface area contributed by atoms with Crippen molar-refractivity contribution in [3.8, 4) is 0 Å². The molecule has 0 aliphatic carbocycles. The first kappa shape index (κ1) is 5.43. The van der Waals surface area contributed by atoms with E-state index in [1.54, 1.807) is 0 Å². The minimum absolute atomic E-state index is 0.671. The lowest BCUT2D eigenvalue weighted by Gasteiger charge is -1.89. The zero-order valence-electron chi connectivity index (χ0n) is 4.33. The molecule has 1 heterocycles. The van der Waals surface area contributed by atoms with Gasteiger partial charge in [-0.1, -0.05) is 11.8 Å². The van der Waals surface area contributed by atoms with Crippen LogP contribution in [0.25, 0.3) is 0 Å². The van der Waals surface area contributed by atoms with Crippen molar-refractivity contribution in [2.75, 3.05) is 12.1 Å². The second-order valence-electron chi connectivity index (χ2n) is 1.16. The molecule has 0 spiro atoms. The van der Waals surface area contributed by atoms with E-state index in [2.05, 4.69) is 16.5 Å². The molecule has 2 N–H and O–H groups in total. The number of hydrogen-bond acceptors (Lipinski definition) is 4. The number of thioether (sulfide) groups is 1. The molecular weight excluding hydrogens is 124 g/mol. The van der Waals surface area contributed by atoms with E-state index in [0.29, 0.717) is 5.16 Å². The van der Waals surface area contributed by atoms with Crippen molar-refractivity contribution in [3.05, 3.63) is 6.33 Å². The summed E-state index contributed by atoms with van der Waals surface area (Å²) in [6, 6.07) is 0. The zero-order chi connectivity index (χ0) is 5.98. The Bertz CT molecular complexity index is 172. The third kappa shape index (κ3) is 0.764. The molecule has 43 valence electrons. The fourth-order valence-corrected chi connectivity index (χ4v) is 0.703. The molecule has 0 fully saturated rings. The van der Waals surface area contributed by atoms with Gasteiger partial charge in [-0.15, -0.1) is 10.2 Å². The van der Waals surface area contributed by atoms with Gasteiger partial charge in [0.05, 0.1) is 0 Å². The number of rotatable bonds is 1. The molecule has 0 aromatic carbocycles. The van der Waals surface area contributed by atoms with Gasteiger partial charge in [-0.2, -0.15) is 0 Å². The minimum atomic E-state index is 0.671. The lowest BCUT2D eigenvalue weighted by molar-refractivity contribution is 0.845. The largest absolute Gasteiger partial charge is 0.335 e. The molecule has 0 unspecified atom stereocenters. The molecule has 0 saturated heterocycles. The van der Waals surface area contributed by atoms with Gasteiger partial charge in [-0.3, -0.25) is 0 Å². The zero-order valence-corrected chi connectivity index (χ0v) is 5.14. The van der Waals surface area contributed by atoms with Crippen molar-refractivity contribution in [2.24, 2.45) is 0 Å². The van der Waals surface area contributed by atoms with Crippen LogP contribution in [0.4, 0.5) is 0 Å². The second kappa shape index (κ2) is 2.04. The van der Waals surface area contributed by atoms with Gasteiger partial charge in [0, 0.05) is 0 Å². The Balaban J connectivity index is 2.92. The highest BCUT2D eigenvalue weighted by molar-refractivity contribution is 7.98. The first-order valence-electron chi connectivity index (χ1n) is 1.96. The summed E-state index contributed by atoms with van der Waals surface area (Å²) in [5.74, 6) is 5.27. The number of aromatic nitrogens is 3. The van der Waals surface area contributed by atoms with Crippen molar-refractivity contribution in [1.82, 2.24) is 14.9 Å². The third-order valence-electron chi connectivity index (χ3n) is 0.677. The van der Waals surface area contributed by atoms with Crippen LogP contribution in [0, 0.1) is 6.33 Å². The Morgan fingerprint density at radius 2 is 2.62 bits per heavy atom. The number of nitrogen functional groups attached to an aromatic ring is 1. The van der Waals surface area contributed by atoms with E-state index in [4.69, 9.17) is 5.84 Å². The molecule has 5 heteroatoms. The summed E-state index contributed by atoms with van der Waals surface area (Å²) in [6.07, 6.45) is 4.31. The quantitative estimate of drug-likeness (QED) is 0.411. The predicted molar refractivity (Wildman–Crippen MR) is 30.8 cm³/mol.